The lowest BCUT2D eigenvalue weighted by molar-refractivity contribution is -0.130. The lowest BCUT2D eigenvalue weighted by Crippen LogP contribution is -2.52. The molecule has 0 saturated carbocycles. The zero-order chi connectivity index (χ0) is 20.7. The van der Waals surface area contributed by atoms with Crippen LogP contribution in [0.5, 0.6) is 11.5 Å². The normalized spacial score (nSPS) is 15.3. The Kier molecular flexibility index (Phi) is 8.02. The fourth-order valence-corrected chi connectivity index (χ4v) is 3.19. The van der Waals surface area contributed by atoms with E-state index in [1.165, 1.54) is 19.3 Å². The van der Waals surface area contributed by atoms with Gasteiger partial charge in [-0.2, -0.15) is 0 Å². The summed E-state index contributed by atoms with van der Waals surface area (Å²) in [7, 11) is 5.50. The van der Waals surface area contributed by atoms with Crippen molar-refractivity contribution in [1.82, 2.24) is 14.9 Å². The molecule has 0 unspecified atom stereocenters. The van der Waals surface area contributed by atoms with Crippen molar-refractivity contribution < 1.29 is 19.1 Å². The molecule has 0 aliphatic carbocycles. The molecule has 1 saturated heterocycles. The minimum Gasteiger partial charge on any atom is -0.496 e. The number of methoxy groups -OCH3 is 1. The number of hydrazine groups is 1. The summed E-state index contributed by atoms with van der Waals surface area (Å²) in [5.74, 6) is 0.766. The number of ketones is 1. The van der Waals surface area contributed by atoms with Crippen molar-refractivity contribution in [3.63, 3.8) is 0 Å². The molecule has 7 nitrogen and oxygen atoms in total. The van der Waals surface area contributed by atoms with E-state index in [2.05, 4.69) is 5.01 Å². The first-order chi connectivity index (χ1) is 13.4. The van der Waals surface area contributed by atoms with Gasteiger partial charge in [0.15, 0.2) is 5.78 Å². The Morgan fingerprint density at radius 1 is 1.07 bits per heavy atom. The van der Waals surface area contributed by atoms with Gasteiger partial charge in [-0.05, 0) is 31.1 Å². The van der Waals surface area contributed by atoms with Crippen molar-refractivity contribution in [2.75, 3.05) is 54.0 Å². The molecule has 28 heavy (non-hydrogen) atoms. The minimum atomic E-state index is -0.255. The standard InChI is InChI=1S/C21H31N3O4/c1-6-16-14-17(20(27-5)15-19(16)28-7-2)18(25)8-9-21(26)23-10-12-24(13-11-23)22(3)4/h8-9,14-15H,6-7,10-13H2,1-5H3. The molecule has 1 amide bonds. The van der Waals surface area contributed by atoms with Crippen LogP contribution in [0.25, 0.3) is 0 Å². The van der Waals surface area contributed by atoms with Gasteiger partial charge in [0.05, 0.1) is 19.3 Å². The van der Waals surface area contributed by atoms with Gasteiger partial charge < -0.3 is 14.4 Å². The monoisotopic (exact) mass is 389 g/mol. The van der Waals surface area contributed by atoms with E-state index in [1.807, 2.05) is 33.0 Å². The largest absolute Gasteiger partial charge is 0.496 e. The number of carbonyl (C=O) groups excluding carboxylic acids is 2. The van der Waals surface area contributed by atoms with E-state index in [1.54, 1.807) is 17.0 Å². The molecule has 7 heteroatoms. The van der Waals surface area contributed by atoms with Gasteiger partial charge in [0.25, 0.3) is 0 Å². The van der Waals surface area contributed by atoms with Gasteiger partial charge in [0.1, 0.15) is 11.5 Å². The van der Waals surface area contributed by atoms with E-state index in [0.717, 1.165) is 30.8 Å². The number of benzene rings is 1. The maximum absolute atomic E-state index is 12.7. The molecule has 1 fully saturated rings. The lowest BCUT2D eigenvalue weighted by atomic mass is 10.0. The zero-order valence-electron chi connectivity index (χ0n) is 17.5. The highest BCUT2D eigenvalue weighted by Gasteiger charge is 2.21. The molecule has 0 N–H and O–H groups in total. The van der Waals surface area contributed by atoms with E-state index >= 15 is 0 Å². The number of hydrogen-bond acceptors (Lipinski definition) is 6. The second kappa shape index (κ2) is 10.2. The Morgan fingerprint density at radius 2 is 1.75 bits per heavy atom. The van der Waals surface area contributed by atoms with E-state index in [9.17, 15) is 9.59 Å². The number of aryl methyl sites for hydroxylation is 1. The predicted octanol–water partition coefficient (Wildman–Crippen LogP) is 2.02. The first-order valence-corrected chi connectivity index (χ1v) is 9.68. The summed E-state index contributed by atoms with van der Waals surface area (Å²) >= 11 is 0. The minimum absolute atomic E-state index is 0.146. The molecular formula is C21H31N3O4. The summed E-state index contributed by atoms with van der Waals surface area (Å²) in [6, 6.07) is 3.53. The number of hydrogen-bond donors (Lipinski definition) is 0. The second-order valence-corrected chi connectivity index (χ2v) is 6.77. The lowest BCUT2D eigenvalue weighted by Gasteiger charge is -2.37. The van der Waals surface area contributed by atoms with Crippen LogP contribution in [0.2, 0.25) is 0 Å². The molecule has 1 heterocycles. The smallest absolute Gasteiger partial charge is 0.246 e. The van der Waals surface area contributed by atoms with E-state index in [4.69, 9.17) is 9.47 Å². The molecule has 0 radical (unpaired) electrons. The Bertz CT molecular complexity index is 723. The molecule has 1 aromatic rings. The first-order valence-electron chi connectivity index (χ1n) is 9.68. The summed E-state index contributed by atoms with van der Waals surface area (Å²) in [6.07, 6.45) is 3.42. The number of ether oxygens (including phenoxy) is 2. The van der Waals surface area contributed by atoms with Crippen LogP contribution >= 0.6 is 0 Å². The van der Waals surface area contributed by atoms with E-state index in [-0.39, 0.29) is 11.7 Å². The molecular weight excluding hydrogens is 358 g/mol. The van der Waals surface area contributed by atoms with E-state index in [0.29, 0.717) is 31.0 Å². The third-order valence-corrected chi connectivity index (χ3v) is 4.84. The first kappa shape index (κ1) is 21.9. The molecule has 1 aliphatic rings. The highest BCUT2D eigenvalue weighted by molar-refractivity contribution is 6.09. The zero-order valence-corrected chi connectivity index (χ0v) is 17.5. The van der Waals surface area contributed by atoms with Gasteiger partial charge >= 0.3 is 0 Å². The molecule has 0 atom stereocenters. The number of nitrogens with zero attached hydrogens (tertiary/aromatic N) is 3. The third kappa shape index (κ3) is 5.33. The molecule has 0 spiro atoms. The number of rotatable bonds is 8. The van der Waals surface area contributed by atoms with Crippen LogP contribution in [0.15, 0.2) is 24.3 Å². The van der Waals surface area contributed by atoms with Gasteiger partial charge in [-0.15, -0.1) is 0 Å². The fourth-order valence-electron chi connectivity index (χ4n) is 3.19. The van der Waals surface area contributed by atoms with Crippen molar-refractivity contribution in [2.24, 2.45) is 0 Å². The number of amides is 1. The van der Waals surface area contributed by atoms with Gasteiger partial charge in [-0.3, -0.25) is 9.59 Å². The van der Waals surface area contributed by atoms with Crippen molar-refractivity contribution in [3.05, 3.63) is 35.4 Å². The number of carbonyl (C=O) groups is 2. The SMILES string of the molecule is CCOc1cc(OC)c(C(=O)C=CC(=O)N2CCN(N(C)C)CC2)cc1CC. The van der Waals surface area contributed by atoms with Crippen LogP contribution in [0.1, 0.15) is 29.8 Å². The summed E-state index contributed by atoms with van der Waals surface area (Å²) in [5.41, 5.74) is 1.37. The van der Waals surface area contributed by atoms with Crippen molar-refractivity contribution in [1.29, 1.82) is 0 Å². The van der Waals surface area contributed by atoms with Crippen molar-refractivity contribution in [3.8, 4) is 11.5 Å². The molecule has 0 aromatic heterocycles. The van der Waals surface area contributed by atoms with Crippen LogP contribution in [-0.4, -0.2) is 80.6 Å². The second-order valence-electron chi connectivity index (χ2n) is 6.77. The average molecular weight is 389 g/mol. The summed E-state index contributed by atoms with van der Waals surface area (Å²) in [5, 5.41) is 4.21. The Balaban J connectivity index is 2.10. The molecule has 2 rings (SSSR count). The topological polar surface area (TPSA) is 62.3 Å². The van der Waals surface area contributed by atoms with Crippen LogP contribution in [0, 0.1) is 0 Å². The molecule has 1 aromatic carbocycles. The highest BCUT2D eigenvalue weighted by Crippen LogP contribution is 2.30. The third-order valence-electron chi connectivity index (χ3n) is 4.84. The van der Waals surface area contributed by atoms with Crippen LogP contribution in [-0.2, 0) is 11.2 Å². The Labute approximate surface area is 167 Å². The summed E-state index contributed by atoms with van der Waals surface area (Å²) < 4.78 is 11.0. The number of allylic oxidation sites excluding steroid dienone is 1. The highest BCUT2D eigenvalue weighted by atomic mass is 16.5. The Morgan fingerprint density at radius 3 is 2.29 bits per heavy atom. The van der Waals surface area contributed by atoms with Gasteiger partial charge in [0, 0.05) is 52.4 Å². The van der Waals surface area contributed by atoms with Crippen molar-refractivity contribution >= 4 is 11.7 Å². The van der Waals surface area contributed by atoms with E-state index < -0.39 is 0 Å². The van der Waals surface area contributed by atoms with Crippen LogP contribution in [0.3, 0.4) is 0 Å². The Hall–Kier alpha value is -2.38. The predicted molar refractivity (Wildman–Crippen MR) is 109 cm³/mol. The summed E-state index contributed by atoms with van der Waals surface area (Å²) in [6.45, 7) is 7.31. The molecule has 154 valence electrons. The number of piperazine rings is 1. The van der Waals surface area contributed by atoms with Crippen LogP contribution < -0.4 is 9.47 Å². The fraction of sp³-hybridized carbons (Fsp3) is 0.524. The average Bonchev–Trinajstić information content (AvgIpc) is 2.71. The van der Waals surface area contributed by atoms with Crippen LogP contribution in [0.4, 0.5) is 0 Å². The van der Waals surface area contributed by atoms with Gasteiger partial charge in [0.2, 0.25) is 5.91 Å². The molecule has 0 bridgehead atoms. The molecule has 1 aliphatic heterocycles. The van der Waals surface area contributed by atoms with Gasteiger partial charge in [-0.25, -0.2) is 10.0 Å². The maximum Gasteiger partial charge on any atom is 0.246 e. The quantitative estimate of drug-likeness (QED) is 0.501. The van der Waals surface area contributed by atoms with Crippen molar-refractivity contribution in [2.45, 2.75) is 20.3 Å². The van der Waals surface area contributed by atoms with Gasteiger partial charge in [-0.1, -0.05) is 6.92 Å². The maximum atomic E-state index is 12.7. The summed E-state index contributed by atoms with van der Waals surface area (Å²) in [4.78, 5) is 26.9.